The van der Waals surface area contributed by atoms with Gasteiger partial charge in [-0.25, -0.2) is 0 Å². The number of thioether (sulfide) groups is 1. The first-order chi connectivity index (χ1) is 15.3. The van der Waals surface area contributed by atoms with Crippen molar-refractivity contribution in [3.8, 4) is 11.5 Å². The summed E-state index contributed by atoms with van der Waals surface area (Å²) < 4.78 is 11.1. The molecule has 0 aromatic heterocycles. The number of amides is 3. The third-order valence-electron chi connectivity index (χ3n) is 4.67. The molecule has 1 saturated heterocycles. The van der Waals surface area contributed by atoms with Gasteiger partial charge in [-0.15, -0.1) is 0 Å². The first kappa shape index (κ1) is 23.4. The molecule has 2 aromatic rings. The number of rotatable bonds is 8. The maximum atomic E-state index is 12.7. The van der Waals surface area contributed by atoms with Crippen molar-refractivity contribution in [3.63, 3.8) is 0 Å². The van der Waals surface area contributed by atoms with E-state index in [1.165, 1.54) is 7.11 Å². The second-order valence-corrected chi connectivity index (χ2v) is 8.44. The van der Waals surface area contributed by atoms with Crippen LogP contribution in [0.3, 0.4) is 0 Å². The monoisotopic (exact) mass is 454 g/mol. The smallest absolute Gasteiger partial charge is 0.294 e. The second kappa shape index (κ2) is 10.4. The molecule has 0 spiro atoms. The first-order valence-electron chi connectivity index (χ1n) is 10.3. The summed E-state index contributed by atoms with van der Waals surface area (Å²) in [6, 6.07) is 12.7. The molecule has 1 N–H and O–H groups in total. The van der Waals surface area contributed by atoms with E-state index in [-0.39, 0.29) is 17.6 Å². The van der Waals surface area contributed by atoms with Crippen molar-refractivity contribution in [3.05, 3.63) is 58.5 Å². The van der Waals surface area contributed by atoms with Crippen molar-refractivity contribution in [1.82, 2.24) is 4.90 Å². The van der Waals surface area contributed by atoms with E-state index in [9.17, 15) is 14.4 Å². The minimum atomic E-state index is -0.502. The van der Waals surface area contributed by atoms with Crippen LogP contribution in [0.4, 0.5) is 10.5 Å². The Morgan fingerprint density at radius 3 is 2.47 bits per heavy atom. The number of nitrogens with one attached hydrogen (secondary N) is 1. The highest BCUT2D eigenvalue weighted by Crippen LogP contribution is 2.34. The van der Waals surface area contributed by atoms with Gasteiger partial charge in [-0.1, -0.05) is 25.1 Å². The van der Waals surface area contributed by atoms with Gasteiger partial charge in [0.2, 0.25) is 5.91 Å². The lowest BCUT2D eigenvalue weighted by molar-refractivity contribution is -0.127. The van der Waals surface area contributed by atoms with Crippen molar-refractivity contribution in [2.45, 2.75) is 33.3 Å². The Morgan fingerprint density at radius 1 is 1.12 bits per heavy atom. The molecular formula is C24H26N2O5S. The SMILES string of the molecule is CCc1ccc(NC(=O)CN2C(=O)S/C(=C\c3ccc(OC(C)C)c(OC)c3)C2=O)cc1. The van der Waals surface area contributed by atoms with Gasteiger partial charge in [0.05, 0.1) is 18.1 Å². The van der Waals surface area contributed by atoms with Gasteiger partial charge < -0.3 is 14.8 Å². The molecule has 3 rings (SSSR count). The largest absolute Gasteiger partial charge is 0.493 e. The Hall–Kier alpha value is -3.26. The number of methoxy groups -OCH3 is 1. The Balaban J connectivity index is 1.69. The topological polar surface area (TPSA) is 84.9 Å². The molecule has 0 saturated carbocycles. The Labute approximate surface area is 191 Å². The van der Waals surface area contributed by atoms with Crippen molar-refractivity contribution in [2.75, 3.05) is 19.0 Å². The Kier molecular flexibility index (Phi) is 7.58. The molecular weight excluding hydrogens is 428 g/mol. The minimum Gasteiger partial charge on any atom is -0.493 e. The third kappa shape index (κ3) is 5.70. The van der Waals surface area contributed by atoms with Crippen LogP contribution in [-0.2, 0) is 16.0 Å². The number of carbonyl (C=O) groups excluding carboxylic acids is 3. The van der Waals surface area contributed by atoms with Crippen molar-refractivity contribution in [2.24, 2.45) is 0 Å². The van der Waals surface area contributed by atoms with Gasteiger partial charge in [-0.3, -0.25) is 19.3 Å². The number of aryl methyl sites for hydroxylation is 1. The fourth-order valence-electron chi connectivity index (χ4n) is 3.08. The summed E-state index contributed by atoms with van der Waals surface area (Å²) in [5.74, 6) is 0.184. The number of imide groups is 1. The standard InChI is InChI=1S/C24H26N2O5S/c1-5-16-6-9-18(10-7-16)25-22(27)14-26-23(28)21(32-24(26)29)13-17-8-11-19(31-15(2)3)20(12-17)30-4/h6-13,15H,5,14H2,1-4H3,(H,25,27)/b21-13-. The lowest BCUT2D eigenvalue weighted by Gasteiger charge is -2.14. The summed E-state index contributed by atoms with van der Waals surface area (Å²) in [4.78, 5) is 38.7. The zero-order chi connectivity index (χ0) is 23.3. The molecule has 1 heterocycles. The van der Waals surface area contributed by atoms with E-state index in [4.69, 9.17) is 9.47 Å². The van der Waals surface area contributed by atoms with Gasteiger partial charge in [0.25, 0.3) is 11.1 Å². The van der Waals surface area contributed by atoms with Gasteiger partial charge in [-0.2, -0.15) is 0 Å². The zero-order valence-corrected chi connectivity index (χ0v) is 19.3. The molecule has 0 atom stereocenters. The van der Waals surface area contributed by atoms with E-state index in [0.717, 1.165) is 28.6 Å². The molecule has 0 aliphatic carbocycles. The van der Waals surface area contributed by atoms with Crippen LogP contribution in [0.25, 0.3) is 6.08 Å². The van der Waals surface area contributed by atoms with E-state index in [1.54, 1.807) is 36.4 Å². The molecule has 1 fully saturated rings. The Morgan fingerprint density at radius 2 is 1.84 bits per heavy atom. The van der Waals surface area contributed by atoms with Crippen LogP contribution in [0, 0.1) is 0 Å². The molecule has 1 aliphatic rings. The highest BCUT2D eigenvalue weighted by molar-refractivity contribution is 8.18. The van der Waals surface area contributed by atoms with Gasteiger partial charge in [0.15, 0.2) is 11.5 Å². The quantitative estimate of drug-likeness (QED) is 0.581. The van der Waals surface area contributed by atoms with Crippen molar-refractivity contribution in [1.29, 1.82) is 0 Å². The summed E-state index contributed by atoms with van der Waals surface area (Å²) in [6.45, 7) is 5.53. The van der Waals surface area contributed by atoms with Crippen LogP contribution in [0.5, 0.6) is 11.5 Å². The van der Waals surface area contributed by atoms with Gasteiger partial charge in [-0.05, 0) is 73.5 Å². The number of anilines is 1. The van der Waals surface area contributed by atoms with Gasteiger partial charge >= 0.3 is 0 Å². The summed E-state index contributed by atoms with van der Waals surface area (Å²) in [7, 11) is 1.54. The van der Waals surface area contributed by atoms with Gasteiger partial charge in [0, 0.05) is 5.69 Å². The molecule has 2 aromatic carbocycles. The third-order valence-corrected chi connectivity index (χ3v) is 5.58. The highest BCUT2D eigenvalue weighted by Gasteiger charge is 2.36. The number of benzene rings is 2. The number of hydrogen-bond acceptors (Lipinski definition) is 6. The second-order valence-electron chi connectivity index (χ2n) is 7.44. The average molecular weight is 455 g/mol. The van der Waals surface area contributed by atoms with Crippen LogP contribution < -0.4 is 14.8 Å². The highest BCUT2D eigenvalue weighted by atomic mass is 32.2. The zero-order valence-electron chi connectivity index (χ0n) is 18.5. The first-order valence-corrected chi connectivity index (χ1v) is 11.1. The minimum absolute atomic E-state index is 0.0121. The van der Waals surface area contributed by atoms with E-state index in [1.807, 2.05) is 32.9 Å². The van der Waals surface area contributed by atoms with E-state index in [2.05, 4.69) is 5.32 Å². The van der Waals surface area contributed by atoms with Crippen LogP contribution in [0.1, 0.15) is 31.9 Å². The number of ether oxygens (including phenoxy) is 2. The lowest BCUT2D eigenvalue weighted by atomic mass is 10.1. The molecule has 3 amide bonds. The summed E-state index contributed by atoms with van der Waals surface area (Å²) in [5, 5.41) is 2.24. The van der Waals surface area contributed by atoms with Crippen LogP contribution in [-0.4, -0.2) is 41.7 Å². The van der Waals surface area contributed by atoms with Crippen LogP contribution in [0.2, 0.25) is 0 Å². The predicted octanol–water partition coefficient (Wildman–Crippen LogP) is 4.72. The lowest BCUT2D eigenvalue weighted by Crippen LogP contribution is -2.36. The number of hydrogen-bond donors (Lipinski definition) is 1. The maximum Gasteiger partial charge on any atom is 0.294 e. The molecule has 0 radical (unpaired) electrons. The molecule has 32 heavy (non-hydrogen) atoms. The normalized spacial score (nSPS) is 14.9. The summed E-state index contributed by atoms with van der Waals surface area (Å²) in [5.41, 5.74) is 2.45. The van der Waals surface area contributed by atoms with E-state index >= 15 is 0 Å². The number of carbonyl (C=O) groups is 3. The van der Waals surface area contributed by atoms with E-state index in [0.29, 0.717) is 22.7 Å². The van der Waals surface area contributed by atoms with Crippen molar-refractivity contribution >= 4 is 40.6 Å². The fourth-order valence-corrected chi connectivity index (χ4v) is 3.92. The molecule has 8 heteroatoms. The van der Waals surface area contributed by atoms with E-state index < -0.39 is 17.1 Å². The molecule has 0 unspecified atom stereocenters. The average Bonchev–Trinajstić information content (AvgIpc) is 3.02. The molecule has 0 bridgehead atoms. The molecule has 168 valence electrons. The summed E-state index contributed by atoms with van der Waals surface area (Å²) in [6.07, 6.45) is 2.49. The molecule has 7 nitrogen and oxygen atoms in total. The van der Waals surface area contributed by atoms with Crippen LogP contribution >= 0.6 is 11.8 Å². The molecule has 1 aliphatic heterocycles. The predicted molar refractivity (Wildman–Crippen MR) is 126 cm³/mol. The van der Waals surface area contributed by atoms with Crippen molar-refractivity contribution < 1.29 is 23.9 Å². The Bertz CT molecular complexity index is 1050. The fraction of sp³-hybridized carbons (Fsp3) is 0.292. The maximum absolute atomic E-state index is 12.7. The van der Waals surface area contributed by atoms with Crippen LogP contribution in [0.15, 0.2) is 47.4 Å². The number of nitrogens with zero attached hydrogens (tertiary/aromatic N) is 1. The van der Waals surface area contributed by atoms with Gasteiger partial charge in [0.1, 0.15) is 6.54 Å². The summed E-state index contributed by atoms with van der Waals surface area (Å²) >= 11 is 0.805.